The Morgan fingerprint density at radius 3 is 2.73 bits per heavy atom. The Bertz CT molecular complexity index is 1080. The van der Waals surface area contributed by atoms with Crippen molar-refractivity contribution < 1.29 is 4.79 Å². The van der Waals surface area contributed by atoms with E-state index < -0.39 is 0 Å². The summed E-state index contributed by atoms with van der Waals surface area (Å²) < 4.78 is 1.19. The minimum atomic E-state index is -0.139. The number of carbonyl (C=O) groups excluding carboxylic acids is 1. The van der Waals surface area contributed by atoms with Gasteiger partial charge in [0.25, 0.3) is 0 Å². The molecule has 0 aliphatic heterocycles. The molecule has 0 bridgehead atoms. The van der Waals surface area contributed by atoms with E-state index in [1.54, 1.807) is 28.7 Å². The number of thiophene rings is 1. The fourth-order valence-corrected chi connectivity index (χ4v) is 4.27. The highest BCUT2D eigenvalue weighted by molar-refractivity contribution is 7.21. The van der Waals surface area contributed by atoms with Gasteiger partial charge < -0.3 is 5.32 Å². The summed E-state index contributed by atoms with van der Waals surface area (Å²) >= 11 is 3.29. The van der Waals surface area contributed by atoms with Crippen LogP contribution in [0, 0.1) is 6.92 Å². The van der Waals surface area contributed by atoms with Crippen LogP contribution < -0.4 is 5.32 Å². The molecule has 1 amide bonds. The first-order valence-corrected chi connectivity index (χ1v) is 9.92. The van der Waals surface area contributed by atoms with Crippen molar-refractivity contribution in [3.8, 4) is 10.6 Å². The minimum absolute atomic E-state index is 0.139. The maximum Gasteiger partial charge on any atom is 0.248 e. The van der Waals surface area contributed by atoms with Gasteiger partial charge in [-0.2, -0.15) is 11.3 Å². The fraction of sp³-hybridized carbons (Fsp3) is 0.0476. The number of amides is 1. The molecule has 0 aliphatic carbocycles. The van der Waals surface area contributed by atoms with Crippen LogP contribution in [0.15, 0.2) is 65.4 Å². The van der Waals surface area contributed by atoms with Gasteiger partial charge in [0.05, 0.1) is 10.2 Å². The molecule has 2 aromatic carbocycles. The van der Waals surface area contributed by atoms with Gasteiger partial charge in [0.1, 0.15) is 5.01 Å². The Morgan fingerprint density at radius 1 is 1.12 bits per heavy atom. The number of thiazole rings is 1. The van der Waals surface area contributed by atoms with E-state index in [1.165, 1.54) is 10.3 Å². The molecule has 0 spiro atoms. The second-order valence-electron chi connectivity index (χ2n) is 5.95. The van der Waals surface area contributed by atoms with Crippen LogP contribution in [0.25, 0.3) is 26.9 Å². The van der Waals surface area contributed by atoms with E-state index in [9.17, 15) is 4.79 Å². The van der Waals surface area contributed by atoms with E-state index in [2.05, 4.69) is 30.4 Å². The van der Waals surface area contributed by atoms with Crippen LogP contribution in [0.1, 0.15) is 11.1 Å². The van der Waals surface area contributed by atoms with E-state index in [0.29, 0.717) is 0 Å². The Morgan fingerprint density at radius 2 is 1.96 bits per heavy atom. The second kappa shape index (κ2) is 7.23. The molecule has 128 valence electrons. The van der Waals surface area contributed by atoms with E-state index in [4.69, 9.17) is 4.98 Å². The lowest BCUT2D eigenvalue weighted by molar-refractivity contribution is -0.111. The molecular formula is C21H16N2OS2. The van der Waals surface area contributed by atoms with Gasteiger partial charge in [-0.05, 0) is 77.4 Å². The summed E-state index contributed by atoms with van der Waals surface area (Å²) in [6.45, 7) is 2.09. The molecule has 0 atom stereocenters. The highest BCUT2D eigenvalue weighted by Crippen LogP contribution is 2.31. The molecule has 5 heteroatoms. The van der Waals surface area contributed by atoms with Crippen molar-refractivity contribution in [2.24, 2.45) is 0 Å². The SMILES string of the molecule is Cc1ccc2nc(-c3ccc(NC(=O)/C=C/c4ccsc4)cc3)sc2c1. The Hall–Kier alpha value is -2.76. The molecule has 0 radical (unpaired) electrons. The topological polar surface area (TPSA) is 42.0 Å². The monoisotopic (exact) mass is 376 g/mol. The fourth-order valence-electron chi connectivity index (χ4n) is 2.58. The van der Waals surface area contributed by atoms with Crippen LogP contribution in [0.5, 0.6) is 0 Å². The number of aryl methyl sites for hydroxylation is 1. The van der Waals surface area contributed by atoms with Gasteiger partial charge in [0, 0.05) is 17.3 Å². The molecule has 2 aromatic heterocycles. The van der Waals surface area contributed by atoms with Crippen molar-refractivity contribution >= 4 is 50.6 Å². The number of fused-ring (bicyclic) bond motifs is 1. The van der Waals surface area contributed by atoms with Gasteiger partial charge in [-0.3, -0.25) is 4.79 Å². The standard InChI is InChI=1S/C21H16N2OS2/c1-14-2-8-18-19(12-14)26-21(23-18)16-4-6-17(7-5-16)22-20(24)9-3-15-10-11-25-13-15/h2-13H,1H3,(H,22,24)/b9-3+. The number of carbonyl (C=O) groups is 1. The molecule has 0 saturated carbocycles. The summed E-state index contributed by atoms with van der Waals surface area (Å²) in [5, 5.41) is 7.85. The van der Waals surface area contributed by atoms with Gasteiger partial charge in [-0.25, -0.2) is 4.98 Å². The van der Waals surface area contributed by atoms with Gasteiger partial charge in [-0.1, -0.05) is 6.07 Å². The van der Waals surface area contributed by atoms with Gasteiger partial charge in [0.15, 0.2) is 0 Å². The lowest BCUT2D eigenvalue weighted by Crippen LogP contribution is -2.07. The smallest absolute Gasteiger partial charge is 0.248 e. The normalized spacial score (nSPS) is 11.3. The molecular weight excluding hydrogens is 360 g/mol. The Labute approximate surface area is 159 Å². The van der Waals surface area contributed by atoms with Crippen molar-refractivity contribution in [3.05, 3.63) is 76.5 Å². The van der Waals surface area contributed by atoms with Crippen LogP contribution in [-0.4, -0.2) is 10.9 Å². The van der Waals surface area contributed by atoms with Crippen molar-refractivity contribution in [2.45, 2.75) is 6.92 Å². The summed E-state index contributed by atoms with van der Waals surface area (Å²) in [5.41, 5.74) is 5.11. The summed E-state index contributed by atoms with van der Waals surface area (Å²) in [4.78, 5) is 16.7. The largest absolute Gasteiger partial charge is 0.323 e. The lowest BCUT2D eigenvalue weighted by atomic mass is 10.2. The zero-order valence-electron chi connectivity index (χ0n) is 14.1. The predicted molar refractivity (Wildman–Crippen MR) is 112 cm³/mol. The number of nitrogens with zero attached hydrogens (tertiary/aromatic N) is 1. The third-order valence-corrected chi connectivity index (χ3v) is 5.68. The number of aromatic nitrogens is 1. The van der Waals surface area contributed by atoms with Crippen LogP contribution >= 0.6 is 22.7 Å². The first-order valence-electron chi connectivity index (χ1n) is 8.16. The van der Waals surface area contributed by atoms with E-state index in [-0.39, 0.29) is 5.91 Å². The Kier molecular flexibility index (Phi) is 4.65. The zero-order valence-corrected chi connectivity index (χ0v) is 15.7. The molecule has 0 fully saturated rings. The first kappa shape index (κ1) is 16.7. The average molecular weight is 377 g/mol. The number of nitrogens with one attached hydrogen (secondary N) is 1. The molecule has 1 N–H and O–H groups in total. The number of rotatable bonds is 4. The number of benzene rings is 2. The molecule has 2 heterocycles. The Balaban J connectivity index is 1.48. The van der Waals surface area contributed by atoms with E-state index >= 15 is 0 Å². The third kappa shape index (κ3) is 3.74. The number of anilines is 1. The van der Waals surface area contributed by atoms with Gasteiger partial charge in [-0.15, -0.1) is 11.3 Å². The number of hydrogen-bond acceptors (Lipinski definition) is 4. The molecule has 26 heavy (non-hydrogen) atoms. The maximum absolute atomic E-state index is 12.0. The molecule has 0 aliphatic rings. The van der Waals surface area contributed by atoms with Crippen LogP contribution in [0.4, 0.5) is 5.69 Å². The molecule has 4 aromatic rings. The maximum atomic E-state index is 12.0. The predicted octanol–water partition coefficient (Wildman–Crippen LogP) is 5.99. The van der Waals surface area contributed by atoms with Crippen molar-refractivity contribution in [1.29, 1.82) is 0 Å². The zero-order chi connectivity index (χ0) is 17.9. The van der Waals surface area contributed by atoms with Crippen molar-refractivity contribution in [2.75, 3.05) is 5.32 Å². The third-order valence-electron chi connectivity index (χ3n) is 3.91. The van der Waals surface area contributed by atoms with Gasteiger partial charge in [0.2, 0.25) is 5.91 Å². The van der Waals surface area contributed by atoms with Gasteiger partial charge >= 0.3 is 0 Å². The van der Waals surface area contributed by atoms with Crippen LogP contribution in [-0.2, 0) is 4.79 Å². The van der Waals surface area contributed by atoms with Crippen molar-refractivity contribution in [3.63, 3.8) is 0 Å². The average Bonchev–Trinajstić information content (AvgIpc) is 3.29. The first-order chi connectivity index (χ1) is 12.7. The lowest BCUT2D eigenvalue weighted by Gasteiger charge is -2.03. The minimum Gasteiger partial charge on any atom is -0.323 e. The molecule has 4 rings (SSSR count). The number of hydrogen-bond donors (Lipinski definition) is 1. The van der Waals surface area contributed by atoms with Crippen LogP contribution in [0.2, 0.25) is 0 Å². The molecule has 0 unspecified atom stereocenters. The van der Waals surface area contributed by atoms with E-state index in [1.807, 2.05) is 47.2 Å². The summed E-state index contributed by atoms with van der Waals surface area (Å²) in [6, 6.07) is 16.1. The quantitative estimate of drug-likeness (QED) is 0.445. The molecule has 3 nitrogen and oxygen atoms in total. The second-order valence-corrected chi connectivity index (χ2v) is 7.76. The summed E-state index contributed by atoms with van der Waals surface area (Å²) in [5.74, 6) is -0.139. The van der Waals surface area contributed by atoms with E-state index in [0.717, 1.165) is 27.3 Å². The van der Waals surface area contributed by atoms with Crippen LogP contribution in [0.3, 0.4) is 0 Å². The summed E-state index contributed by atoms with van der Waals surface area (Å²) in [6.07, 6.45) is 3.36. The summed E-state index contributed by atoms with van der Waals surface area (Å²) in [7, 11) is 0. The highest BCUT2D eigenvalue weighted by atomic mass is 32.1. The highest BCUT2D eigenvalue weighted by Gasteiger charge is 2.07. The van der Waals surface area contributed by atoms with Crippen molar-refractivity contribution in [1.82, 2.24) is 4.98 Å². The molecule has 0 saturated heterocycles.